The summed E-state index contributed by atoms with van der Waals surface area (Å²) in [4.78, 5) is 25.4. The molecule has 0 saturated carbocycles. The van der Waals surface area contributed by atoms with Crippen molar-refractivity contribution in [3.8, 4) is 0 Å². The van der Waals surface area contributed by atoms with Gasteiger partial charge in [0, 0.05) is 43.6 Å². The zero-order chi connectivity index (χ0) is 21.6. The Hall–Kier alpha value is -2.43. The van der Waals surface area contributed by atoms with E-state index in [1.165, 1.54) is 33.5 Å². The predicted molar refractivity (Wildman–Crippen MR) is 115 cm³/mol. The monoisotopic (exact) mass is 449 g/mol. The lowest BCUT2D eigenvalue weighted by Crippen LogP contribution is -2.50. The van der Waals surface area contributed by atoms with Crippen molar-refractivity contribution in [3.05, 3.63) is 64.7 Å². The Morgan fingerprint density at radius 1 is 1.00 bits per heavy atom. The SMILES string of the molecule is O=C(CCCSc1ccccc1)N1CCN(S(=O)(=O)c2ccccc2[N+](=O)[O-])CC1. The van der Waals surface area contributed by atoms with E-state index in [1.807, 2.05) is 30.3 Å². The van der Waals surface area contributed by atoms with E-state index in [1.54, 1.807) is 16.7 Å². The van der Waals surface area contributed by atoms with Crippen LogP contribution in [0, 0.1) is 10.1 Å². The average Bonchev–Trinajstić information content (AvgIpc) is 2.77. The van der Waals surface area contributed by atoms with Crippen molar-refractivity contribution in [1.29, 1.82) is 0 Å². The van der Waals surface area contributed by atoms with Gasteiger partial charge in [-0.2, -0.15) is 4.31 Å². The highest BCUT2D eigenvalue weighted by Crippen LogP contribution is 2.27. The van der Waals surface area contributed by atoms with Gasteiger partial charge in [-0.15, -0.1) is 11.8 Å². The highest BCUT2D eigenvalue weighted by Gasteiger charge is 2.34. The molecule has 160 valence electrons. The first-order valence-corrected chi connectivity index (χ1v) is 12.0. The third-order valence-electron chi connectivity index (χ3n) is 4.82. The molecule has 30 heavy (non-hydrogen) atoms. The summed E-state index contributed by atoms with van der Waals surface area (Å²) >= 11 is 1.70. The Labute approximate surface area is 180 Å². The van der Waals surface area contributed by atoms with Gasteiger partial charge in [-0.05, 0) is 30.4 Å². The van der Waals surface area contributed by atoms with E-state index >= 15 is 0 Å². The molecule has 1 amide bonds. The van der Waals surface area contributed by atoms with Gasteiger partial charge in [0.2, 0.25) is 15.9 Å². The molecule has 2 aromatic carbocycles. The van der Waals surface area contributed by atoms with E-state index < -0.39 is 20.6 Å². The molecule has 2 aromatic rings. The first-order valence-electron chi connectivity index (χ1n) is 9.59. The number of hydrogen-bond acceptors (Lipinski definition) is 6. The second-order valence-electron chi connectivity index (χ2n) is 6.77. The molecular formula is C20H23N3O5S2. The maximum atomic E-state index is 12.8. The van der Waals surface area contributed by atoms with Crippen molar-refractivity contribution in [1.82, 2.24) is 9.21 Å². The summed E-state index contributed by atoms with van der Waals surface area (Å²) in [6.45, 7) is 0.812. The minimum Gasteiger partial charge on any atom is -0.340 e. The number of nitrogens with zero attached hydrogens (tertiary/aromatic N) is 3. The van der Waals surface area contributed by atoms with Gasteiger partial charge in [-0.1, -0.05) is 30.3 Å². The molecule has 0 aliphatic carbocycles. The van der Waals surface area contributed by atoms with Crippen molar-refractivity contribution in [2.45, 2.75) is 22.6 Å². The van der Waals surface area contributed by atoms with Crippen LogP contribution in [0.5, 0.6) is 0 Å². The third kappa shape index (κ3) is 5.38. The van der Waals surface area contributed by atoms with E-state index in [0.29, 0.717) is 6.42 Å². The normalized spacial score (nSPS) is 15.1. The molecule has 0 N–H and O–H groups in total. The lowest BCUT2D eigenvalue weighted by Gasteiger charge is -2.34. The van der Waals surface area contributed by atoms with Gasteiger partial charge in [0.25, 0.3) is 5.69 Å². The molecule has 1 heterocycles. The Balaban J connectivity index is 1.50. The molecule has 1 aliphatic heterocycles. The molecule has 3 rings (SSSR count). The molecule has 1 fully saturated rings. The van der Waals surface area contributed by atoms with Crippen LogP contribution in [0.3, 0.4) is 0 Å². The number of amides is 1. The molecule has 1 saturated heterocycles. The van der Waals surface area contributed by atoms with Crippen LogP contribution in [0.4, 0.5) is 5.69 Å². The van der Waals surface area contributed by atoms with Gasteiger partial charge < -0.3 is 4.90 Å². The molecule has 0 radical (unpaired) electrons. The highest BCUT2D eigenvalue weighted by molar-refractivity contribution is 7.99. The number of nitro benzene ring substituents is 1. The van der Waals surface area contributed by atoms with Crippen LogP contribution in [0.15, 0.2) is 64.4 Å². The molecule has 0 aromatic heterocycles. The van der Waals surface area contributed by atoms with Gasteiger partial charge in [0.1, 0.15) is 0 Å². The van der Waals surface area contributed by atoms with Gasteiger partial charge in [-0.3, -0.25) is 14.9 Å². The minimum atomic E-state index is -3.99. The molecule has 1 aliphatic rings. The standard InChI is InChI=1S/C20H23N3O5S2/c24-20(11-6-16-29-17-7-2-1-3-8-17)21-12-14-22(15-13-21)30(27,28)19-10-5-4-9-18(19)23(25)26/h1-5,7-10H,6,11-16H2. The maximum Gasteiger partial charge on any atom is 0.289 e. The summed E-state index contributed by atoms with van der Waals surface area (Å²) in [6.07, 6.45) is 1.16. The van der Waals surface area contributed by atoms with Crippen molar-refractivity contribution >= 4 is 33.4 Å². The number of thioether (sulfide) groups is 1. The summed E-state index contributed by atoms with van der Waals surface area (Å²) in [5.74, 6) is 0.841. The Morgan fingerprint density at radius 3 is 2.30 bits per heavy atom. The van der Waals surface area contributed by atoms with Crippen LogP contribution in [0.25, 0.3) is 0 Å². The largest absolute Gasteiger partial charge is 0.340 e. The first kappa shape index (κ1) is 22.3. The molecule has 10 heteroatoms. The highest BCUT2D eigenvalue weighted by atomic mass is 32.2. The fraction of sp³-hybridized carbons (Fsp3) is 0.350. The number of carbonyl (C=O) groups is 1. The lowest BCUT2D eigenvalue weighted by atomic mass is 10.2. The summed E-state index contributed by atoms with van der Waals surface area (Å²) in [6, 6.07) is 15.3. The second kappa shape index (κ2) is 10.1. The topological polar surface area (TPSA) is 101 Å². The molecule has 0 atom stereocenters. The zero-order valence-electron chi connectivity index (χ0n) is 16.3. The van der Waals surface area contributed by atoms with Crippen LogP contribution in [0.2, 0.25) is 0 Å². The summed E-state index contributed by atoms with van der Waals surface area (Å²) < 4.78 is 26.9. The fourth-order valence-electron chi connectivity index (χ4n) is 3.23. The van der Waals surface area contributed by atoms with Gasteiger partial charge in [0.15, 0.2) is 4.90 Å². The van der Waals surface area contributed by atoms with E-state index in [0.717, 1.165) is 12.2 Å². The van der Waals surface area contributed by atoms with E-state index in [9.17, 15) is 23.3 Å². The third-order valence-corrected chi connectivity index (χ3v) is 7.86. The Bertz CT molecular complexity index is 991. The fourth-order valence-corrected chi connectivity index (χ4v) is 5.68. The zero-order valence-corrected chi connectivity index (χ0v) is 18.0. The quantitative estimate of drug-likeness (QED) is 0.266. The molecular weight excluding hydrogens is 426 g/mol. The van der Waals surface area contributed by atoms with Crippen molar-refractivity contribution in [2.75, 3.05) is 31.9 Å². The number of carbonyl (C=O) groups excluding carboxylic acids is 1. The summed E-state index contributed by atoms with van der Waals surface area (Å²) in [5, 5.41) is 11.2. The summed E-state index contributed by atoms with van der Waals surface area (Å²) in [5.41, 5.74) is -0.438. The van der Waals surface area contributed by atoms with Crippen LogP contribution in [-0.2, 0) is 14.8 Å². The van der Waals surface area contributed by atoms with E-state index in [4.69, 9.17) is 0 Å². The van der Waals surface area contributed by atoms with Crippen LogP contribution >= 0.6 is 11.8 Å². The van der Waals surface area contributed by atoms with Crippen LogP contribution in [-0.4, -0.2) is 60.4 Å². The van der Waals surface area contributed by atoms with Crippen molar-refractivity contribution < 1.29 is 18.1 Å². The molecule has 0 spiro atoms. The molecule has 0 unspecified atom stereocenters. The number of sulfonamides is 1. The number of para-hydroxylation sites is 1. The van der Waals surface area contributed by atoms with E-state index in [2.05, 4.69) is 0 Å². The first-order chi connectivity index (χ1) is 14.4. The second-order valence-corrected chi connectivity index (χ2v) is 9.85. The van der Waals surface area contributed by atoms with Crippen LogP contribution < -0.4 is 0 Å². The van der Waals surface area contributed by atoms with Gasteiger partial charge in [0.05, 0.1) is 4.92 Å². The Kier molecular flexibility index (Phi) is 7.46. The van der Waals surface area contributed by atoms with Gasteiger partial charge >= 0.3 is 0 Å². The Morgan fingerprint density at radius 2 is 1.63 bits per heavy atom. The molecule has 8 nitrogen and oxygen atoms in total. The number of rotatable bonds is 8. The molecule has 0 bridgehead atoms. The average molecular weight is 450 g/mol. The predicted octanol–water partition coefficient (Wildman–Crippen LogP) is 3.00. The number of nitro groups is 1. The number of benzene rings is 2. The number of piperazine rings is 1. The lowest BCUT2D eigenvalue weighted by molar-refractivity contribution is -0.387. The van der Waals surface area contributed by atoms with Gasteiger partial charge in [-0.25, -0.2) is 8.42 Å². The van der Waals surface area contributed by atoms with Crippen molar-refractivity contribution in [3.63, 3.8) is 0 Å². The van der Waals surface area contributed by atoms with E-state index in [-0.39, 0.29) is 37.0 Å². The van der Waals surface area contributed by atoms with Crippen LogP contribution in [0.1, 0.15) is 12.8 Å². The minimum absolute atomic E-state index is 0.00593. The summed E-state index contributed by atoms with van der Waals surface area (Å²) in [7, 11) is -3.99. The smallest absolute Gasteiger partial charge is 0.289 e. The van der Waals surface area contributed by atoms with Crippen molar-refractivity contribution in [2.24, 2.45) is 0 Å². The maximum absolute atomic E-state index is 12.8. The number of hydrogen-bond donors (Lipinski definition) is 0.